The fourth-order valence-electron chi connectivity index (χ4n) is 3.59. The van der Waals surface area contributed by atoms with E-state index < -0.39 is 6.09 Å². The molecule has 9 heteroatoms. The summed E-state index contributed by atoms with van der Waals surface area (Å²) in [6, 6.07) is 11.5. The summed E-state index contributed by atoms with van der Waals surface area (Å²) in [4.78, 5) is 21.5. The number of methoxy groups -OCH3 is 1. The monoisotopic (exact) mass is 437 g/mol. The van der Waals surface area contributed by atoms with Crippen LogP contribution in [0.15, 0.2) is 48.8 Å². The van der Waals surface area contributed by atoms with Crippen LogP contribution in [0.3, 0.4) is 0 Å². The van der Waals surface area contributed by atoms with Crippen LogP contribution >= 0.6 is 22.9 Å². The molecule has 150 valence electrons. The van der Waals surface area contributed by atoms with E-state index in [-0.39, 0.29) is 0 Å². The summed E-state index contributed by atoms with van der Waals surface area (Å²) in [7, 11) is 1.33. The minimum Gasteiger partial charge on any atom is -0.453 e. The molecule has 1 N–H and O–H groups in total. The molecule has 1 aromatic carbocycles. The summed E-state index contributed by atoms with van der Waals surface area (Å²) >= 11 is 7.92. The van der Waals surface area contributed by atoms with Gasteiger partial charge in [0.1, 0.15) is 0 Å². The van der Waals surface area contributed by atoms with E-state index in [1.807, 2.05) is 47.3 Å². The van der Waals surface area contributed by atoms with Crippen LogP contribution in [0, 0.1) is 0 Å². The molecule has 0 aliphatic heterocycles. The minimum atomic E-state index is -0.544. The number of carbonyl (C=O) groups is 1. The van der Waals surface area contributed by atoms with Crippen molar-refractivity contribution in [1.29, 1.82) is 0 Å². The van der Waals surface area contributed by atoms with Gasteiger partial charge in [-0.25, -0.2) is 14.5 Å². The molecule has 0 saturated heterocycles. The second kappa shape index (κ2) is 7.55. The summed E-state index contributed by atoms with van der Waals surface area (Å²) in [5.41, 5.74) is 5.58. The van der Waals surface area contributed by atoms with Crippen LogP contribution in [0.1, 0.15) is 11.3 Å². The van der Waals surface area contributed by atoms with Crippen LogP contribution in [0.25, 0.3) is 27.5 Å². The van der Waals surface area contributed by atoms with Gasteiger partial charge in [-0.1, -0.05) is 35.1 Å². The SMILES string of the molecule is COC(=O)Nc1nc2c(s1)-c1c(c(-c3cccnc3)nn1-c1ccccc1Cl)CC2. The predicted octanol–water partition coefficient (Wildman–Crippen LogP) is 4.99. The number of aromatic nitrogens is 4. The Morgan fingerprint density at radius 1 is 1.23 bits per heavy atom. The largest absolute Gasteiger partial charge is 0.453 e. The smallest absolute Gasteiger partial charge is 0.413 e. The topological polar surface area (TPSA) is 81.9 Å². The molecule has 0 fully saturated rings. The molecule has 30 heavy (non-hydrogen) atoms. The average Bonchev–Trinajstić information content (AvgIpc) is 3.35. The summed E-state index contributed by atoms with van der Waals surface area (Å²) in [6.45, 7) is 0. The number of benzene rings is 1. The van der Waals surface area contributed by atoms with Gasteiger partial charge in [-0.3, -0.25) is 10.3 Å². The number of hydrogen-bond acceptors (Lipinski definition) is 6. The van der Waals surface area contributed by atoms with E-state index in [1.165, 1.54) is 18.4 Å². The maximum Gasteiger partial charge on any atom is 0.413 e. The zero-order chi connectivity index (χ0) is 20.7. The Balaban J connectivity index is 1.73. The molecule has 1 amide bonds. The van der Waals surface area contributed by atoms with Crippen molar-refractivity contribution in [3.05, 3.63) is 65.1 Å². The normalized spacial score (nSPS) is 12.2. The van der Waals surface area contributed by atoms with Gasteiger partial charge in [-0.15, -0.1) is 0 Å². The van der Waals surface area contributed by atoms with Crippen molar-refractivity contribution in [2.24, 2.45) is 0 Å². The zero-order valence-electron chi connectivity index (χ0n) is 15.9. The zero-order valence-corrected chi connectivity index (χ0v) is 17.5. The number of aryl methyl sites for hydroxylation is 1. The van der Waals surface area contributed by atoms with Gasteiger partial charge in [-0.2, -0.15) is 5.10 Å². The Morgan fingerprint density at radius 2 is 2.10 bits per heavy atom. The first-order valence-corrected chi connectivity index (χ1v) is 10.5. The van der Waals surface area contributed by atoms with Gasteiger partial charge in [0.15, 0.2) is 5.13 Å². The van der Waals surface area contributed by atoms with E-state index in [2.05, 4.69) is 15.3 Å². The van der Waals surface area contributed by atoms with Crippen LogP contribution in [-0.2, 0) is 17.6 Å². The van der Waals surface area contributed by atoms with Crippen LogP contribution < -0.4 is 5.32 Å². The molecule has 0 radical (unpaired) electrons. The molecule has 1 aliphatic rings. The van der Waals surface area contributed by atoms with Gasteiger partial charge < -0.3 is 4.74 Å². The van der Waals surface area contributed by atoms with Gasteiger partial charge in [0, 0.05) is 23.5 Å². The number of carbonyl (C=O) groups excluding carboxylic acids is 1. The number of pyridine rings is 1. The third-order valence-corrected chi connectivity index (χ3v) is 6.26. The van der Waals surface area contributed by atoms with Crippen molar-refractivity contribution in [1.82, 2.24) is 19.7 Å². The number of amides is 1. The molecule has 4 aromatic rings. The van der Waals surface area contributed by atoms with Crippen molar-refractivity contribution in [3.63, 3.8) is 0 Å². The number of nitrogens with zero attached hydrogens (tertiary/aromatic N) is 4. The van der Waals surface area contributed by atoms with E-state index >= 15 is 0 Å². The third kappa shape index (κ3) is 3.14. The van der Waals surface area contributed by atoms with Crippen molar-refractivity contribution >= 4 is 34.2 Å². The molecular weight excluding hydrogens is 422 g/mol. The minimum absolute atomic E-state index is 0.495. The maximum atomic E-state index is 11.7. The number of halogens is 1. The van der Waals surface area contributed by atoms with Gasteiger partial charge in [0.2, 0.25) is 0 Å². The molecule has 5 rings (SSSR count). The standard InChI is InChI=1S/C21H16ClN5O2S/c1-29-21(28)25-20-24-15-9-8-13-17(12-5-4-10-23-11-12)26-27(18(13)19(15)30-20)16-7-3-2-6-14(16)22/h2-7,10-11H,8-9H2,1H3,(H,24,25,28). The lowest BCUT2D eigenvalue weighted by Crippen LogP contribution is -2.10. The van der Waals surface area contributed by atoms with E-state index in [4.69, 9.17) is 21.4 Å². The summed E-state index contributed by atoms with van der Waals surface area (Å²) in [6.07, 6.45) is 4.54. The van der Waals surface area contributed by atoms with Gasteiger partial charge >= 0.3 is 6.09 Å². The second-order valence-corrected chi connectivity index (χ2v) is 8.10. The van der Waals surface area contributed by atoms with Crippen LogP contribution in [-0.4, -0.2) is 33.0 Å². The number of fused-ring (bicyclic) bond motifs is 3. The van der Waals surface area contributed by atoms with Crippen molar-refractivity contribution in [2.75, 3.05) is 12.4 Å². The van der Waals surface area contributed by atoms with Crippen molar-refractivity contribution in [3.8, 4) is 27.5 Å². The molecule has 3 aromatic heterocycles. The summed E-state index contributed by atoms with van der Waals surface area (Å²) < 4.78 is 6.57. The van der Waals surface area contributed by atoms with E-state index in [1.54, 1.807) is 6.20 Å². The van der Waals surface area contributed by atoms with Gasteiger partial charge in [-0.05, 0) is 37.1 Å². The van der Waals surface area contributed by atoms with Gasteiger partial charge in [0.25, 0.3) is 0 Å². The van der Waals surface area contributed by atoms with Crippen LogP contribution in [0.2, 0.25) is 5.02 Å². The molecule has 0 bridgehead atoms. The molecule has 0 saturated carbocycles. The highest BCUT2D eigenvalue weighted by molar-refractivity contribution is 7.19. The third-order valence-electron chi connectivity index (χ3n) is 4.92. The first-order valence-electron chi connectivity index (χ1n) is 9.28. The lowest BCUT2D eigenvalue weighted by molar-refractivity contribution is 0.187. The Morgan fingerprint density at radius 3 is 2.87 bits per heavy atom. The molecule has 0 spiro atoms. The fraction of sp³-hybridized carbons (Fsp3) is 0.143. The number of hydrogen-bond donors (Lipinski definition) is 1. The van der Waals surface area contributed by atoms with E-state index in [0.717, 1.165) is 51.6 Å². The molecule has 0 atom stereocenters. The number of rotatable bonds is 3. The summed E-state index contributed by atoms with van der Waals surface area (Å²) in [5, 5.41) is 8.70. The number of ether oxygens (including phenoxy) is 1. The average molecular weight is 438 g/mol. The highest BCUT2D eigenvalue weighted by Gasteiger charge is 2.30. The highest BCUT2D eigenvalue weighted by Crippen LogP contribution is 2.44. The van der Waals surface area contributed by atoms with Gasteiger partial charge in [0.05, 0.1) is 39.8 Å². The highest BCUT2D eigenvalue weighted by atomic mass is 35.5. The Kier molecular flexibility index (Phi) is 4.72. The predicted molar refractivity (Wildman–Crippen MR) is 116 cm³/mol. The maximum absolute atomic E-state index is 11.7. The fourth-order valence-corrected chi connectivity index (χ4v) is 4.87. The quantitative estimate of drug-likeness (QED) is 0.488. The van der Waals surface area contributed by atoms with Crippen LogP contribution in [0.4, 0.5) is 9.93 Å². The first-order chi connectivity index (χ1) is 14.7. The van der Waals surface area contributed by atoms with Crippen LogP contribution in [0.5, 0.6) is 0 Å². The molecular formula is C21H16ClN5O2S. The molecule has 3 heterocycles. The lowest BCUT2D eigenvalue weighted by Gasteiger charge is -2.14. The second-order valence-electron chi connectivity index (χ2n) is 6.69. The number of nitrogens with one attached hydrogen (secondary N) is 1. The number of thiazole rings is 1. The summed E-state index contributed by atoms with van der Waals surface area (Å²) in [5.74, 6) is 0. The Hall–Kier alpha value is -3.23. The van der Waals surface area contributed by atoms with Crippen molar-refractivity contribution in [2.45, 2.75) is 12.8 Å². The Bertz CT molecular complexity index is 1250. The van der Waals surface area contributed by atoms with Crippen molar-refractivity contribution < 1.29 is 9.53 Å². The molecule has 0 unspecified atom stereocenters. The molecule has 7 nitrogen and oxygen atoms in total. The number of anilines is 1. The molecule has 1 aliphatic carbocycles. The first kappa shape index (κ1) is 18.8. The Labute approximate surface area is 181 Å². The van der Waals surface area contributed by atoms with E-state index in [0.29, 0.717) is 10.2 Å². The number of para-hydroxylation sites is 1. The van der Waals surface area contributed by atoms with E-state index in [9.17, 15) is 4.79 Å². The lowest BCUT2D eigenvalue weighted by atomic mass is 9.95.